The molecule has 0 unspecified atom stereocenters. The van der Waals surface area contributed by atoms with Crippen molar-refractivity contribution >= 4 is 27.3 Å². The molecule has 0 saturated heterocycles. The number of hydrogen-bond acceptors (Lipinski definition) is 6. The highest BCUT2D eigenvalue weighted by Gasteiger charge is 2.37. The van der Waals surface area contributed by atoms with Crippen molar-refractivity contribution in [3.63, 3.8) is 0 Å². The fourth-order valence-electron chi connectivity index (χ4n) is 3.85. The lowest BCUT2D eigenvalue weighted by Gasteiger charge is -2.18. The average Bonchev–Trinajstić information content (AvgIpc) is 3.60. The number of amides is 1. The molecule has 5 rings (SSSR count). The monoisotopic (exact) mass is 475 g/mol. The lowest BCUT2D eigenvalue weighted by molar-refractivity contribution is 0.0659. The quantitative estimate of drug-likeness (QED) is 0.424. The van der Waals surface area contributed by atoms with Gasteiger partial charge in [-0.1, -0.05) is 36.4 Å². The van der Waals surface area contributed by atoms with Gasteiger partial charge in [0.05, 0.1) is 22.6 Å². The summed E-state index contributed by atoms with van der Waals surface area (Å²) in [5.41, 5.74) is 1.49. The zero-order chi connectivity index (χ0) is 23.7. The molecule has 3 heterocycles. The van der Waals surface area contributed by atoms with E-state index in [0.29, 0.717) is 34.9 Å². The summed E-state index contributed by atoms with van der Waals surface area (Å²) < 4.78 is 39.6. The van der Waals surface area contributed by atoms with Crippen molar-refractivity contribution < 1.29 is 22.0 Å². The van der Waals surface area contributed by atoms with Gasteiger partial charge in [0.15, 0.2) is 5.76 Å². The van der Waals surface area contributed by atoms with Crippen molar-refractivity contribution in [3.8, 4) is 0 Å². The van der Waals surface area contributed by atoms with Gasteiger partial charge < -0.3 is 8.83 Å². The lowest BCUT2D eigenvalue weighted by atomic mass is 10.0. The van der Waals surface area contributed by atoms with Crippen molar-refractivity contribution in [1.29, 1.82) is 0 Å². The number of anilines is 1. The third-order valence-electron chi connectivity index (χ3n) is 5.48. The molecule has 0 radical (unpaired) electrons. The van der Waals surface area contributed by atoms with Gasteiger partial charge in [-0.15, -0.1) is 0 Å². The minimum atomic E-state index is -3.81. The highest BCUT2D eigenvalue weighted by Crippen LogP contribution is 2.36. The normalized spacial score (nSPS) is 15.9. The van der Waals surface area contributed by atoms with Gasteiger partial charge in [-0.3, -0.25) is 9.52 Å². The molecule has 0 aliphatic carbocycles. The zero-order valence-electron chi connectivity index (χ0n) is 18.2. The van der Waals surface area contributed by atoms with E-state index >= 15 is 0 Å². The number of sulfonamides is 1. The van der Waals surface area contributed by atoms with Crippen LogP contribution in [0, 0.1) is 6.92 Å². The molecule has 1 aliphatic rings. The molecular weight excluding hydrogens is 454 g/mol. The first kappa shape index (κ1) is 21.7. The summed E-state index contributed by atoms with van der Waals surface area (Å²) >= 11 is 0. The van der Waals surface area contributed by atoms with Crippen LogP contribution >= 0.6 is 0 Å². The van der Waals surface area contributed by atoms with E-state index in [9.17, 15) is 13.2 Å². The zero-order valence-corrected chi connectivity index (χ0v) is 19.0. The van der Waals surface area contributed by atoms with Crippen LogP contribution in [-0.2, 0) is 10.0 Å². The number of nitrogens with one attached hydrogen (secondary N) is 1. The molecule has 172 valence electrons. The summed E-state index contributed by atoms with van der Waals surface area (Å²) in [4.78, 5) is 13.3. The molecule has 4 aromatic rings. The van der Waals surface area contributed by atoms with E-state index < -0.39 is 22.0 Å². The van der Waals surface area contributed by atoms with Gasteiger partial charge in [-0.25, -0.2) is 13.4 Å². The van der Waals surface area contributed by atoms with Crippen LogP contribution in [0.3, 0.4) is 0 Å². The number of aryl methyl sites for hydroxylation is 1. The SMILES string of the molecule is Cc1ccc([C@@H]2CC(c3ccccc3NS(=O)(=O)c3ccccc3)=NN2C(=O)c2ccco2)o1. The number of para-hydroxylation sites is 1. The Morgan fingerprint density at radius 3 is 2.47 bits per heavy atom. The van der Waals surface area contributed by atoms with E-state index in [1.807, 2.05) is 19.1 Å². The molecule has 34 heavy (non-hydrogen) atoms. The number of carbonyl (C=O) groups excluding carboxylic acids is 1. The van der Waals surface area contributed by atoms with Crippen LogP contribution in [0.15, 0.2) is 104 Å². The van der Waals surface area contributed by atoms with Gasteiger partial charge in [0, 0.05) is 12.0 Å². The Balaban J connectivity index is 1.52. The van der Waals surface area contributed by atoms with Crippen molar-refractivity contribution in [3.05, 3.63) is 108 Å². The third kappa shape index (κ3) is 4.13. The Morgan fingerprint density at radius 2 is 1.76 bits per heavy atom. The fraction of sp³-hybridized carbons (Fsp3) is 0.120. The average molecular weight is 476 g/mol. The summed E-state index contributed by atoms with van der Waals surface area (Å²) in [5.74, 6) is 1.03. The molecule has 1 amide bonds. The Hall–Kier alpha value is -4.11. The molecule has 0 bridgehead atoms. The Labute approximate surface area is 196 Å². The topological polar surface area (TPSA) is 105 Å². The highest BCUT2D eigenvalue weighted by molar-refractivity contribution is 7.92. The number of hydrazone groups is 1. The first-order valence-corrected chi connectivity index (χ1v) is 12.1. The van der Waals surface area contributed by atoms with Crippen LogP contribution < -0.4 is 4.72 Å². The van der Waals surface area contributed by atoms with Gasteiger partial charge >= 0.3 is 5.91 Å². The van der Waals surface area contributed by atoms with Crippen molar-refractivity contribution in [2.75, 3.05) is 4.72 Å². The summed E-state index contributed by atoms with van der Waals surface area (Å²) in [6.45, 7) is 1.83. The predicted molar refractivity (Wildman–Crippen MR) is 126 cm³/mol. The van der Waals surface area contributed by atoms with E-state index in [-0.39, 0.29) is 10.7 Å². The van der Waals surface area contributed by atoms with E-state index in [1.54, 1.807) is 54.6 Å². The van der Waals surface area contributed by atoms with Gasteiger partial charge in [0.2, 0.25) is 0 Å². The largest absolute Gasteiger partial charge is 0.464 e. The summed E-state index contributed by atoms with van der Waals surface area (Å²) in [6, 6.07) is 21.4. The van der Waals surface area contributed by atoms with Gasteiger partial charge in [0.25, 0.3) is 10.0 Å². The predicted octanol–water partition coefficient (Wildman–Crippen LogP) is 4.97. The molecule has 2 aromatic heterocycles. The fourth-order valence-corrected chi connectivity index (χ4v) is 4.96. The van der Waals surface area contributed by atoms with E-state index in [4.69, 9.17) is 8.83 Å². The van der Waals surface area contributed by atoms with Crippen molar-refractivity contribution in [1.82, 2.24) is 5.01 Å². The Morgan fingerprint density at radius 1 is 1.00 bits per heavy atom. The van der Waals surface area contributed by atoms with Crippen LogP contribution in [-0.4, -0.2) is 25.0 Å². The second-order valence-corrected chi connectivity index (χ2v) is 9.49. The minimum Gasteiger partial charge on any atom is -0.464 e. The number of nitrogens with zero attached hydrogens (tertiary/aromatic N) is 2. The van der Waals surface area contributed by atoms with Crippen LogP contribution in [0.5, 0.6) is 0 Å². The van der Waals surface area contributed by atoms with Crippen molar-refractivity contribution in [2.24, 2.45) is 5.10 Å². The number of hydrogen-bond donors (Lipinski definition) is 1. The number of rotatable bonds is 6. The smallest absolute Gasteiger partial charge is 0.310 e. The molecular formula is C25H21N3O5S. The first-order valence-electron chi connectivity index (χ1n) is 10.6. The Kier molecular flexibility index (Phi) is 5.54. The molecule has 1 atom stereocenters. The summed E-state index contributed by atoms with van der Waals surface area (Å²) in [7, 11) is -3.81. The van der Waals surface area contributed by atoms with Crippen LogP contribution in [0.1, 0.15) is 40.1 Å². The molecule has 2 aromatic carbocycles. The number of carbonyl (C=O) groups is 1. The maximum atomic E-state index is 13.1. The molecule has 0 spiro atoms. The van der Waals surface area contributed by atoms with Crippen molar-refractivity contribution in [2.45, 2.75) is 24.3 Å². The third-order valence-corrected chi connectivity index (χ3v) is 6.86. The second kappa shape index (κ2) is 8.68. The molecule has 1 aliphatic heterocycles. The molecule has 0 fully saturated rings. The van der Waals surface area contributed by atoms with Crippen LogP contribution in [0.4, 0.5) is 5.69 Å². The Bertz CT molecular complexity index is 1460. The van der Waals surface area contributed by atoms with Gasteiger partial charge in [0.1, 0.15) is 17.6 Å². The summed E-state index contributed by atoms with van der Waals surface area (Å²) in [6.07, 6.45) is 1.76. The van der Waals surface area contributed by atoms with E-state index in [0.717, 1.165) is 0 Å². The second-order valence-electron chi connectivity index (χ2n) is 7.81. The maximum Gasteiger partial charge on any atom is 0.310 e. The minimum absolute atomic E-state index is 0.149. The molecule has 0 saturated carbocycles. The molecule has 8 nitrogen and oxygen atoms in total. The standard InChI is InChI=1S/C25H21N3O5S/c1-17-13-14-23(33-17)22-16-21(26-28(22)25(29)24-12-7-15-32-24)19-10-5-6-11-20(19)27-34(30,31)18-8-3-2-4-9-18/h2-15,22,27H,16H2,1H3/t22-/m0/s1. The number of benzene rings is 2. The van der Waals surface area contributed by atoms with E-state index in [2.05, 4.69) is 9.82 Å². The molecule has 1 N–H and O–H groups in total. The van der Waals surface area contributed by atoms with Crippen LogP contribution in [0.25, 0.3) is 0 Å². The van der Waals surface area contributed by atoms with Gasteiger partial charge in [-0.05, 0) is 49.4 Å². The highest BCUT2D eigenvalue weighted by atomic mass is 32.2. The lowest BCUT2D eigenvalue weighted by Crippen LogP contribution is -2.26. The maximum absolute atomic E-state index is 13.1. The number of furan rings is 2. The van der Waals surface area contributed by atoms with Crippen LogP contribution in [0.2, 0.25) is 0 Å². The van der Waals surface area contributed by atoms with E-state index in [1.165, 1.54) is 23.4 Å². The first-order chi connectivity index (χ1) is 16.4. The molecule has 9 heteroatoms. The summed E-state index contributed by atoms with van der Waals surface area (Å²) in [5, 5.41) is 5.92. The van der Waals surface area contributed by atoms with Gasteiger partial charge in [-0.2, -0.15) is 5.10 Å².